The van der Waals surface area contributed by atoms with Gasteiger partial charge in [-0.1, -0.05) is 18.0 Å². The van der Waals surface area contributed by atoms with Crippen LogP contribution in [0.5, 0.6) is 5.88 Å². The molecule has 1 fully saturated rings. The van der Waals surface area contributed by atoms with Crippen LogP contribution >= 0.6 is 23.4 Å². The fourth-order valence-corrected chi connectivity index (χ4v) is 3.07. The van der Waals surface area contributed by atoms with Gasteiger partial charge in [0.05, 0.1) is 12.4 Å². The maximum atomic E-state index is 12.0. The summed E-state index contributed by atoms with van der Waals surface area (Å²) in [7, 11) is 1.49. The average Bonchev–Trinajstić information content (AvgIpc) is 2.39. The van der Waals surface area contributed by atoms with Crippen molar-refractivity contribution in [2.45, 2.75) is 24.5 Å². The first-order valence-electron chi connectivity index (χ1n) is 5.70. The van der Waals surface area contributed by atoms with Gasteiger partial charge in [-0.25, -0.2) is 4.98 Å². The Hall–Kier alpha value is -1.01. The number of hydrogen-bond acceptors (Lipinski definition) is 5. The molecule has 2 rings (SSSR count). The van der Waals surface area contributed by atoms with E-state index in [1.54, 1.807) is 11.8 Å². The number of carbonyl (C=O) groups is 1. The van der Waals surface area contributed by atoms with E-state index in [2.05, 4.69) is 15.3 Å². The number of carbonyl (C=O) groups excluding carboxylic acids is 1. The molecule has 98 valence electrons. The molecular formula is C11H14ClN3O2S. The predicted molar refractivity (Wildman–Crippen MR) is 72.3 cm³/mol. The quantitative estimate of drug-likeness (QED) is 0.865. The SMILES string of the molecule is COc1cc(Cl)nc(NC(=O)C2CCCCS2)n1. The van der Waals surface area contributed by atoms with Crippen LogP contribution < -0.4 is 10.1 Å². The Balaban J connectivity index is 2.03. The van der Waals surface area contributed by atoms with Crippen molar-refractivity contribution < 1.29 is 9.53 Å². The monoisotopic (exact) mass is 287 g/mol. The summed E-state index contributed by atoms with van der Waals surface area (Å²) < 4.78 is 4.97. The first-order chi connectivity index (χ1) is 8.69. The van der Waals surface area contributed by atoms with Gasteiger partial charge in [-0.05, 0) is 18.6 Å². The summed E-state index contributed by atoms with van der Waals surface area (Å²) in [5.74, 6) is 1.48. The highest BCUT2D eigenvalue weighted by Crippen LogP contribution is 2.26. The third-order valence-electron chi connectivity index (χ3n) is 2.59. The van der Waals surface area contributed by atoms with E-state index in [1.165, 1.54) is 19.6 Å². The van der Waals surface area contributed by atoms with Crippen LogP contribution in [0, 0.1) is 0 Å². The van der Waals surface area contributed by atoms with Gasteiger partial charge in [-0.15, -0.1) is 11.8 Å². The lowest BCUT2D eigenvalue weighted by Crippen LogP contribution is -2.28. The maximum absolute atomic E-state index is 12.0. The molecule has 1 aromatic heterocycles. The Morgan fingerprint density at radius 3 is 3.06 bits per heavy atom. The summed E-state index contributed by atoms with van der Waals surface area (Å²) in [6, 6.07) is 1.49. The van der Waals surface area contributed by atoms with Crippen LogP contribution in [0.4, 0.5) is 5.95 Å². The second kappa shape index (κ2) is 6.24. The van der Waals surface area contributed by atoms with Crippen molar-refractivity contribution in [1.29, 1.82) is 0 Å². The summed E-state index contributed by atoms with van der Waals surface area (Å²) in [5, 5.41) is 2.90. The van der Waals surface area contributed by atoms with Crippen LogP contribution in [0.1, 0.15) is 19.3 Å². The average molecular weight is 288 g/mol. The maximum Gasteiger partial charge on any atom is 0.239 e. The largest absolute Gasteiger partial charge is 0.481 e. The highest BCUT2D eigenvalue weighted by molar-refractivity contribution is 8.00. The second-order valence-corrected chi connectivity index (χ2v) is 5.60. The van der Waals surface area contributed by atoms with Gasteiger partial charge in [0.25, 0.3) is 0 Å². The number of hydrogen-bond donors (Lipinski definition) is 1. The minimum atomic E-state index is -0.0657. The van der Waals surface area contributed by atoms with Crippen LogP contribution in [0.15, 0.2) is 6.07 Å². The topological polar surface area (TPSA) is 64.1 Å². The van der Waals surface area contributed by atoms with E-state index in [-0.39, 0.29) is 22.3 Å². The number of halogens is 1. The lowest BCUT2D eigenvalue weighted by atomic mass is 10.2. The molecule has 1 saturated heterocycles. The normalized spacial score (nSPS) is 19.3. The number of methoxy groups -OCH3 is 1. The number of amides is 1. The molecule has 1 aliphatic rings. The Labute approximate surface area is 115 Å². The van der Waals surface area contributed by atoms with Crippen LogP contribution in [0.2, 0.25) is 5.15 Å². The number of nitrogens with zero attached hydrogens (tertiary/aromatic N) is 2. The van der Waals surface area contributed by atoms with Crippen molar-refractivity contribution >= 4 is 35.2 Å². The van der Waals surface area contributed by atoms with Gasteiger partial charge >= 0.3 is 0 Å². The smallest absolute Gasteiger partial charge is 0.239 e. The molecule has 18 heavy (non-hydrogen) atoms. The number of nitrogens with one attached hydrogen (secondary N) is 1. The summed E-state index contributed by atoms with van der Waals surface area (Å²) in [6.07, 6.45) is 3.16. The zero-order valence-electron chi connectivity index (χ0n) is 9.98. The van der Waals surface area contributed by atoms with Gasteiger partial charge in [0.15, 0.2) is 0 Å². The van der Waals surface area contributed by atoms with Gasteiger partial charge in [0, 0.05) is 6.07 Å². The number of aromatic nitrogens is 2. The van der Waals surface area contributed by atoms with E-state index in [1.807, 2.05) is 0 Å². The number of rotatable bonds is 3. The number of anilines is 1. The first-order valence-corrected chi connectivity index (χ1v) is 7.13. The third kappa shape index (κ3) is 3.49. The van der Waals surface area contributed by atoms with Gasteiger partial charge in [-0.3, -0.25) is 10.1 Å². The fraction of sp³-hybridized carbons (Fsp3) is 0.545. The molecule has 0 spiro atoms. The molecular weight excluding hydrogens is 274 g/mol. The fourth-order valence-electron chi connectivity index (χ4n) is 1.70. The summed E-state index contributed by atoms with van der Waals surface area (Å²) in [6.45, 7) is 0. The zero-order chi connectivity index (χ0) is 13.0. The van der Waals surface area contributed by atoms with E-state index in [0.717, 1.165) is 18.6 Å². The van der Waals surface area contributed by atoms with Crippen molar-refractivity contribution in [2.75, 3.05) is 18.2 Å². The molecule has 1 aromatic rings. The molecule has 0 radical (unpaired) electrons. The van der Waals surface area contributed by atoms with Crippen LogP contribution in [0.25, 0.3) is 0 Å². The number of thioether (sulfide) groups is 1. The van der Waals surface area contributed by atoms with Gasteiger partial charge in [0.2, 0.25) is 17.7 Å². The highest BCUT2D eigenvalue weighted by atomic mass is 35.5. The van der Waals surface area contributed by atoms with E-state index in [0.29, 0.717) is 5.88 Å². The molecule has 0 saturated carbocycles. The van der Waals surface area contributed by atoms with Crippen LogP contribution in [0.3, 0.4) is 0 Å². The molecule has 1 amide bonds. The third-order valence-corrected chi connectivity index (χ3v) is 4.16. The van der Waals surface area contributed by atoms with E-state index < -0.39 is 0 Å². The predicted octanol–water partition coefficient (Wildman–Crippen LogP) is 2.36. The Morgan fingerprint density at radius 2 is 2.39 bits per heavy atom. The molecule has 1 atom stereocenters. The van der Waals surface area contributed by atoms with Crippen molar-refractivity contribution in [3.8, 4) is 5.88 Å². The van der Waals surface area contributed by atoms with Crippen molar-refractivity contribution in [3.05, 3.63) is 11.2 Å². The van der Waals surface area contributed by atoms with Crippen LogP contribution in [-0.2, 0) is 4.79 Å². The molecule has 0 aliphatic carbocycles. The first kappa shape index (κ1) is 13.4. The standard InChI is InChI=1S/C11H14ClN3O2S/c1-17-9-6-8(12)13-11(14-9)15-10(16)7-4-2-3-5-18-7/h6-7H,2-5H2,1H3,(H,13,14,15,16). The molecule has 0 bridgehead atoms. The second-order valence-electron chi connectivity index (χ2n) is 3.90. The lowest BCUT2D eigenvalue weighted by Gasteiger charge is -2.19. The molecule has 7 heteroatoms. The van der Waals surface area contributed by atoms with E-state index >= 15 is 0 Å². The molecule has 5 nitrogen and oxygen atoms in total. The Bertz CT molecular complexity index is 438. The molecule has 1 aliphatic heterocycles. The van der Waals surface area contributed by atoms with Crippen LogP contribution in [-0.4, -0.2) is 34.0 Å². The highest BCUT2D eigenvalue weighted by Gasteiger charge is 2.22. The van der Waals surface area contributed by atoms with Crippen molar-refractivity contribution in [1.82, 2.24) is 9.97 Å². The lowest BCUT2D eigenvalue weighted by molar-refractivity contribution is -0.115. The summed E-state index contributed by atoms with van der Waals surface area (Å²) >= 11 is 7.48. The Morgan fingerprint density at radius 1 is 1.56 bits per heavy atom. The number of ether oxygens (including phenoxy) is 1. The summed E-state index contributed by atoms with van der Waals surface area (Å²) in [4.78, 5) is 20.0. The minimum Gasteiger partial charge on any atom is -0.481 e. The van der Waals surface area contributed by atoms with E-state index in [9.17, 15) is 4.79 Å². The molecule has 1 N–H and O–H groups in total. The summed E-state index contributed by atoms with van der Waals surface area (Å²) in [5.41, 5.74) is 0. The van der Waals surface area contributed by atoms with Crippen molar-refractivity contribution in [3.63, 3.8) is 0 Å². The molecule has 2 heterocycles. The molecule has 0 aromatic carbocycles. The Kier molecular flexibility index (Phi) is 4.66. The zero-order valence-corrected chi connectivity index (χ0v) is 11.6. The van der Waals surface area contributed by atoms with Gasteiger partial charge in [0.1, 0.15) is 5.15 Å². The minimum absolute atomic E-state index is 0.0210. The van der Waals surface area contributed by atoms with Gasteiger partial charge < -0.3 is 4.74 Å². The van der Waals surface area contributed by atoms with E-state index in [4.69, 9.17) is 16.3 Å². The van der Waals surface area contributed by atoms with Crippen molar-refractivity contribution in [2.24, 2.45) is 0 Å². The molecule has 1 unspecified atom stereocenters. The van der Waals surface area contributed by atoms with Gasteiger partial charge in [-0.2, -0.15) is 4.98 Å².